The molecule has 1 N–H and O–H groups in total. The molecule has 1 heterocycles. The van der Waals surface area contributed by atoms with Crippen molar-refractivity contribution >= 4 is 29.9 Å². The normalized spacial score (nSPS) is 11.1. The molecule has 0 fully saturated rings. The number of halogens is 1. The van der Waals surface area contributed by atoms with Crippen LogP contribution < -0.4 is 5.32 Å². The van der Waals surface area contributed by atoms with Gasteiger partial charge in [0.2, 0.25) is 0 Å². The van der Waals surface area contributed by atoms with Crippen LogP contribution in [0, 0.1) is 6.92 Å². The van der Waals surface area contributed by atoms with Gasteiger partial charge in [-0.05, 0) is 18.1 Å². The smallest absolute Gasteiger partial charge is 0.193 e. The molecule has 0 aliphatic rings. The lowest BCUT2D eigenvalue weighted by Crippen LogP contribution is -2.39. The van der Waals surface area contributed by atoms with Crippen LogP contribution in [0.3, 0.4) is 0 Å². The Morgan fingerprint density at radius 1 is 1.07 bits per heavy atom. The molecule has 6 heteroatoms. The fourth-order valence-corrected chi connectivity index (χ4v) is 3.21. The van der Waals surface area contributed by atoms with Crippen molar-refractivity contribution in [2.45, 2.75) is 26.4 Å². The number of rotatable bonds is 7. The van der Waals surface area contributed by atoms with E-state index in [4.69, 9.17) is 0 Å². The average molecular weight is 503 g/mol. The molecule has 3 aromatic rings. The van der Waals surface area contributed by atoms with Crippen molar-refractivity contribution in [2.75, 3.05) is 20.6 Å². The van der Waals surface area contributed by atoms with E-state index in [1.165, 1.54) is 16.7 Å². The molecule has 154 valence electrons. The summed E-state index contributed by atoms with van der Waals surface area (Å²) in [5.41, 5.74) is 3.83. The second kappa shape index (κ2) is 11.6. The van der Waals surface area contributed by atoms with Gasteiger partial charge in [0.15, 0.2) is 5.96 Å². The number of guanidine groups is 1. The van der Waals surface area contributed by atoms with Crippen molar-refractivity contribution in [2.24, 2.45) is 4.99 Å². The standard InChI is InChI=1S/C23H29N5.HI/c1-19-9-11-21(12-10-19)17-27(3)23(24-2)26-14-13-22-25-15-16-28(22)18-20-7-5-4-6-8-20;/h4-12,15-16H,13-14,17-18H2,1-3H3,(H,24,26);1H. The van der Waals surface area contributed by atoms with E-state index in [0.29, 0.717) is 0 Å². The van der Waals surface area contributed by atoms with E-state index in [0.717, 1.165) is 37.8 Å². The van der Waals surface area contributed by atoms with E-state index < -0.39 is 0 Å². The molecule has 2 aromatic carbocycles. The lowest BCUT2D eigenvalue weighted by molar-refractivity contribution is 0.476. The molecule has 0 saturated heterocycles. The highest BCUT2D eigenvalue weighted by atomic mass is 127. The van der Waals surface area contributed by atoms with Crippen LogP contribution in [0.2, 0.25) is 0 Å². The van der Waals surface area contributed by atoms with Gasteiger partial charge in [-0.25, -0.2) is 4.98 Å². The summed E-state index contributed by atoms with van der Waals surface area (Å²) >= 11 is 0. The summed E-state index contributed by atoms with van der Waals surface area (Å²) in [6.45, 7) is 4.56. The Bertz CT molecular complexity index is 887. The van der Waals surface area contributed by atoms with Gasteiger partial charge in [0.05, 0.1) is 0 Å². The second-order valence-electron chi connectivity index (χ2n) is 7.02. The molecule has 0 radical (unpaired) electrons. The third-order valence-electron chi connectivity index (χ3n) is 4.74. The number of nitrogens with one attached hydrogen (secondary N) is 1. The maximum Gasteiger partial charge on any atom is 0.193 e. The fraction of sp³-hybridized carbons (Fsp3) is 0.304. The van der Waals surface area contributed by atoms with Crippen LogP contribution >= 0.6 is 24.0 Å². The molecule has 0 saturated carbocycles. The predicted molar refractivity (Wildman–Crippen MR) is 131 cm³/mol. The van der Waals surface area contributed by atoms with Crippen LogP contribution in [0.5, 0.6) is 0 Å². The van der Waals surface area contributed by atoms with E-state index in [1.807, 2.05) is 25.5 Å². The summed E-state index contributed by atoms with van der Waals surface area (Å²) in [4.78, 5) is 11.1. The van der Waals surface area contributed by atoms with Gasteiger partial charge in [0, 0.05) is 52.5 Å². The Labute approximate surface area is 190 Å². The largest absolute Gasteiger partial charge is 0.356 e. The molecule has 0 amide bonds. The third-order valence-corrected chi connectivity index (χ3v) is 4.74. The zero-order valence-corrected chi connectivity index (χ0v) is 19.7. The van der Waals surface area contributed by atoms with Crippen LogP contribution in [0.25, 0.3) is 0 Å². The number of hydrogen-bond acceptors (Lipinski definition) is 2. The van der Waals surface area contributed by atoms with Gasteiger partial charge in [-0.15, -0.1) is 24.0 Å². The number of aromatic nitrogens is 2. The van der Waals surface area contributed by atoms with Crippen LogP contribution in [0.15, 0.2) is 72.0 Å². The van der Waals surface area contributed by atoms with Crippen molar-refractivity contribution in [1.29, 1.82) is 0 Å². The minimum atomic E-state index is 0. The summed E-state index contributed by atoms with van der Waals surface area (Å²) in [5.74, 6) is 1.97. The molecule has 0 unspecified atom stereocenters. The third kappa shape index (κ3) is 6.88. The maximum atomic E-state index is 4.53. The Morgan fingerprint density at radius 3 is 2.48 bits per heavy atom. The molecule has 0 aliphatic carbocycles. The predicted octanol–water partition coefficient (Wildman–Crippen LogP) is 4.11. The first-order chi connectivity index (χ1) is 13.7. The molecular weight excluding hydrogens is 473 g/mol. The number of aryl methyl sites for hydroxylation is 1. The molecule has 3 rings (SSSR count). The zero-order valence-electron chi connectivity index (χ0n) is 17.4. The SMILES string of the molecule is CN=C(NCCc1nccn1Cc1ccccc1)N(C)Cc1ccc(C)cc1.I. The van der Waals surface area contributed by atoms with Crippen LogP contribution in [-0.4, -0.2) is 41.1 Å². The molecule has 0 aliphatic heterocycles. The lowest BCUT2D eigenvalue weighted by Gasteiger charge is -2.22. The summed E-state index contributed by atoms with van der Waals surface area (Å²) in [7, 11) is 3.88. The average Bonchev–Trinajstić information content (AvgIpc) is 3.14. The van der Waals surface area contributed by atoms with Crippen LogP contribution in [-0.2, 0) is 19.5 Å². The maximum absolute atomic E-state index is 4.53. The number of aliphatic imine (C=N–C) groups is 1. The Hall–Kier alpha value is -2.35. The van der Waals surface area contributed by atoms with E-state index in [1.54, 1.807) is 0 Å². The first-order valence-electron chi connectivity index (χ1n) is 9.67. The lowest BCUT2D eigenvalue weighted by atomic mass is 10.1. The minimum Gasteiger partial charge on any atom is -0.356 e. The van der Waals surface area contributed by atoms with Crippen molar-refractivity contribution in [1.82, 2.24) is 19.8 Å². The fourth-order valence-electron chi connectivity index (χ4n) is 3.21. The van der Waals surface area contributed by atoms with Crippen molar-refractivity contribution in [3.63, 3.8) is 0 Å². The molecule has 0 bridgehead atoms. The quantitative estimate of drug-likeness (QED) is 0.300. The van der Waals surface area contributed by atoms with Gasteiger partial charge in [-0.3, -0.25) is 4.99 Å². The first-order valence-corrected chi connectivity index (χ1v) is 9.67. The summed E-state index contributed by atoms with van der Waals surface area (Å²) < 4.78 is 2.20. The molecule has 0 atom stereocenters. The Morgan fingerprint density at radius 2 is 1.79 bits per heavy atom. The number of benzene rings is 2. The van der Waals surface area contributed by atoms with Gasteiger partial charge >= 0.3 is 0 Å². The van der Waals surface area contributed by atoms with E-state index >= 15 is 0 Å². The molecule has 5 nitrogen and oxygen atoms in total. The first kappa shape index (κ1) is 22.9. The monoisotopic (exact) mass is 503 g/mol. The highest BCUT2D eigenvalue weighted by molar-refractivity contribution is 14.0. The Kier molecular flexibility index (Phi) is 9.18. The van der Waals surface area contributed by atoms with E-state index in [-0.39, 0.29) is 24.0 Å². The van der Waals surface area contributed by atoms with Gasteiger partial charge in [0.1, 0.15) is 5.82 Å². The van der Waals surface area contributed by atoms with Crippen molar-refractivity contribution in [3.8, 4) is 0 Å². The van der Waals surface area contributed by atoms with E-state index in [9.17, 15) is 0 Å². The Balaban J connectivity index is 0.00000300. The second-order valence-corrected chi connectivity index (χ2v) is 7.02. The number of hydrogen-bond donors (Lipinski definition) is 1. The minimum absolute atomic E-state index is 0. The van der Waals surface area contributed by atoms with Crippen molar-refractivity contribution < 1.29 is 0 Å². The summed E-state index contributed by atoms with van der Waals surface area (Å²) in [5, 5.41) is 3.45. The van der Waals surface area contributed by atoms with Gasteiger partial charge in [-0.2, -0.15) is 0 Å². The molecule has 1 aromatic heterocycles. The highest BCUT2D eigenvalue weighted by Gasteiger charge is 2.08. The van der Waals surface area contributed by atoms with Gasteiger partial charge < -0.3 is 14.8 Å². The van der Waals surface area contributed by atoms with E-state index in [2.05, 4.69) is 87.3 Å². The van der Waals surface area contributed by atoms with Gasteiger partial charge in [-0.1, -0.05) is 60.2 Å². The van der Waals surface area contributed by atoms with Crippen LogP contribution in [0.4, 0.5) is 0 Å². The van der Waals surface area contributed by atoms with Crippen LogP contribution in [0.1, 0.15) is 22.5 Å². The zero-order chi connectivity index (χ0) is 19.8. The molecular formula is C23H30IN5. The molecule has 29 heavy (non-hydrogen) atoms. The highest BCUT2D eigenvalue weighted by Crippen LogP contribution is 2.07. The summed E-state index contributed by atoms with van der Waals surface area (Å²) in [6, 6.07) is 19.1. The van der Waals surface area contributed by atoms with Gasteiger partial charge in [0.25, 0.3) is 0 Å². The summed E-state index contributed by atoms with van der Waals surface area (Å²) in [6.07, 6.45) is 4.76. The number of imidazole rings is 1. The topological polar surface area (TPSA) is 45.5 Å². The van der Waals surface area contributed by atoms with Crippen molar-refractivity contribution in [3.05, 3.63) is 89.5 Å². The molecule has 0 spiro atoms. The number of nitrogens with zero attached hydrogens (tertiary/aromatic N) is 4.